The molecule has 1 aliphatic heterocycles. The van der Waals surface area contributed by atoms with Crippen molar-refractivity contribution >= 4 is 27.5 Å². The van der Waals surface area contributed by atoms with Gasteiger partial charge in [-0.1, -0.05) is 42.5 Å². The van der Waals surface area contributed by atoms with Gasteiger partial charge in [-0.3, -0.25) is 13.9 Å². The molecule has 0 saturated carbocycles. The number of ether oxygens (including phenoxy) is 2. The fraction of sp³-hybridized carbons (Fsp3) is 0.286. The standard InChI is InChI=1S/C28H30FN3O6S/c1-30-28(34)24(16-20-6-4-3-5-7-20)31(18-21-8-10-22(29)11-9-21)27(33)19-32(39(2,35)36)23-12-13-25-26(17-23)38-15-14-37-25/h3-13,17,24H,14-16,18-19H2,1-2H3,(H,30,34)/t24-/m0/s1. The van der Waals surface area contributed by atoms with Crippen LogP contribution in [0.25, 0.3) is 0 Å². The summed E-state index contributed by atoms with van der Waals surface area (Å²) in [7, 11) is -2.45. The fourth-order valence-corrected chi connectivity index (χ4v) is 5.15. The smallest absolute Gasteiger partial charge is 0.244 e. The van der Waals surface area contributed by atoms with Crippen molar-refractivity contribution in [3.05, 3.63) is 89.7 Å². The first-order valence-corrected chi connectivity index (χ1v) is 14.2. The molecule has 3 aromatic rings. The first-order chi connectivity index (χ1) is 18.7. The van der Waals surface area contributed by atoms with Crippen LogP contribution in [-0.2, 0) is 32.6 Å². The highest BCUT2D eigenvalue weighted by molar-refractivity contribution is 7.92. The summed E-state index contributed by atoms with van der Waals surface area (Å²) in [6.45, 7) is 0.0823. The lowest BCUT2D eigenvalue weighted by atomic mass is 10.0. The first kappa shape index (κ1) is 27.9. The second-order valence-electron chi connectivity index (χ2n) is 9.07. The van der Waals surface area contributed by atoms with Gasteiger partial charge in [-0.25, -0.2) is 12.8 Å². The second-order valence-corrected chi connectivity index (χ2v) is 11.0. The predicted octanol–water partition coefficient (Wildman–Crippen LogP) is 2.75. The predicted molar refractivity (Wildman–Crippen MR) is 145 cm³/mol. The van der Waals surface area contributed by atoms with Gasteiger partial charge in [0.2, 0.25) is 21.8 Å². The number of carbonyl (C=O) groups excluding carboxylic acids is 2. The molecule has 0 aliphatic carbocycles. The van der Waals surface area contributed by atoms with Gasteiger partial charge in [-0.2, -0.15) is 0 Å². The number of likely N-dealkylation sites (N-methyl/N-ethyl adjacent to an activating group) is 1. The normalized spacial score (nSPS) is 13.3. The van der Waals surface area contributed by atoms with E-state index in [0.29, 0.717) is 30.3 Å². The summed E-state index contributed by atoms with van der Waals surface area (Å²) >= 11 is 0. The maximum absolute atomic E-state index is 13.9. The summed E-state index contributed by atoms with van der Waals surface area (Å²) in [5, 5.41) is 2.61. The Kier molecular flexibility index (Phi) is 8.70. The minimum Gasteiger partial charge on any atom is -0.486 e. The lowest BCUT2D eigenvalue weighted by Gasteiger charge is -2.33. The zero-order valence-electron chi connectivity index (χ0n) is 21.7. The van der Waals surface area contributed by atoms with Crippen molar-refractivity contribution in [2.24, 2.45) is 0 Å². The zero-order chi connectivity index (χ0) is 28.0. The Bertz CT molecular complexity index is 1420. The molecule has 1 aliphatic rings. The zero-order valence-corrected chi connectivity index (χ0v) is 22.5. The topological polar surface area (TPSA) is 105 Å². The minimum atomic E-state index is -3.92. The Morgan fingerprint density at radius 2 is 1.62 bits per heavy atom. The van der Waals surface area contributed by atoms with Crippen molar-refractivity contribution in [1.82, 2.24) is 10.2 Å². The number of fused-ring (bicyclic) bond motifs is 1. The van der Waals surface area contributed by atoms with Crippen LogP contribution >= 0.6 is 0 Å². The van der Waals surface area contributed by atoms with E-state index in [9.17, 15) is 22.4 Å². The molecule has 2 amide bonds. The number of anilines is 1. The largest absolute Gasteiger partial charge is 0.486 e. The molecule has 39 heavy (non-hydrogen) atoms. The Balaban J connectivity index is 1.70. The first-order valence-electron chi connectivity index (χ1n) is 12.3. The molecule has 1 atom stereocenters. The summed E-state index contributed by atoms with van der Waals surface area (Å²) in [5.74, 6) is -0.616. The van der Waals surface area contributed by atoms with Crippen molar-refractivity contribution < 1.29 is 31.9 Å². The van der Waals surface area contributed by atoms with Crippen LogP contribution in [0.15, 0.2) is 72.8 Å². The number of rotatable bonds is 10. The summed E-state index contributed by atoms with van der Waals surface area (Å²) < 4.78 is 51.4. The molecule has 0 bridgehead atoms. The van der Waals surface area contributed by atoms with E-state index in [4.69, 9.17) is 9.47 Å². The van der Waals surface area contributed by atoms with Crippen molar-refractivity contribution in [3.8, 4) is 11.5 Å². The third-order valence-corrected chi connectivity index (χ3v) is 7.42. The molecular weight excluding hydrogens is 525 g/mol. The van der Waals surface area contributed by atoms with E-state index >= 15 is 0 Å². The summed E-state index contributed by atoms with van der Waals surface area (Å²) in [4.78, 5) is 28.3. The molecular formula is C28H30FN3O6S. The van der Waals surface area contributed by atoms with Gasteiger partial charge in [-0.05, 0) is 35.4 Å². The quantitative estimate of drug-likeness (QED) is 0.413. The monoisotopic (exact) mass is 555 g/mol. The van der Waals surface area contributed by atoms with Gasteiger partial charge in [0.25, 0.3) is 0 Å². The highest BCUT2D eigenvalue weighted by Gasteiger charge is 2.33. The number of hydrogen-bond acceptors (Lipinski definition) is 6. The summed E-state index contributed by atoms with van der Waals surface area (Å²) in [5.41, 5.74) is 1.61. The van der Waals surface area contributed by atoms with Gasteiger partial charge in [0.05, 0.1) is 11.9 Å². The number of carbonyl (C=O) groups is 2. The number of halogens is 1. The van der Waals surface area contributed by atoms with E-state index in [1.54, 1.807) is 6.07 Å². The third kappa shape index (κ3) is 7.05. The third-order valence-electron chi connectivity index (χ3n) is 6.28. The molecule has 4 rings (SSSR count). The van der Waals surface area contributed by atoms with Crippen LogP contribution in [0, 0.1) is 5.82 Å². The number of hydrogen-bond donors (Lipinski definition) is 1. The fourth-order valence-electron chi connectivity index (χ4n) is 4.31. The second kappa shape index (κ2) is 12.2. The maximum Gasteiger partial charge on any atom is 0.244 e. The summed E-state index contributed by atoms with van der Waals surface area (Å²) in [6, 6.07) is 18.4. The van der Waals surface area contributed by atoms with Gasteiger partial charge in [0.1, 0.15) is 31.6 Å². The van der Waals surface area contributed by atoms with E-state index in [0.717, 1.165) is 16.1 Å². The van der Waals surface area contributed by atoms with Crippen molar-refractivity contribution in [3.63, 3.8) is 0 Å². The van der Waals surface area contributed by atoms with E-state index in [-0.39, 0.29) is 18.7 Å². The van der Waals surface area contributed by atoms with Crippen LogP contribution in [0.2, 0.25) is 0 Å². The highest BCUT2D eigenvalue weighted by Crippen LogP contribution is 2.34. The molecule has 0 unspecified atom stereocenters. The summed E-state index contributed by atoms with van der Waals surface area (Å²) in [6.07, 6.45) is 1.19. The Morgan fingerprint density at radius 1 is 0.949 bits per heavy atom. The van der Waals surface area contributed by atoms with Gasteiger partial charge in [-0.15, -0.1) is 0 Å². The average molecular weight is 556 g/mol. The van der Waals surface area contributed by atoms with Gasteiger partial charge < -0.3 is 19.7 Å². The molecule has 1 N–H and O–H groups in total. The Morgan fingerprint density at radius 3 is 2.26 bits per heavy atom. The maximum atomic E-state index is 13.9. The van der Waals surface area contributed by atoms with Crippen LogP contribution in [-0.4, -0.2) is 64.2 Å². The number of sulfonamides is 1. The Labute approximate surface area is 227 Å². The van der Waals surface area contributed by atoms with Crippen LogP contribution in [0.1, 0.15) is 11.1 Å². The minimum absolute atomic E-state index is 0.0389. The molecule has 0 spiro atoms. The number of nitrogens with zero attached hydrogens (tertiary/aromatic N) is 2. The van der Waals surface area contributed by atoms with E-state index in [1.165, 1.54) is 48.3 Å². The van der Waals surface area contributed by atoms with Crippen molar-refractivity contribution in [2.45, 2.75) is 19.0 Å². The molecule has 9 nitrogen and oxygen atoms in total. The average Bonchev–Trinajstić information content (AvgIpc) is 2.93. The van der Waals surface area contributed by atoms with E-state index in [1.807, 2.05) is 30.3 Å². The van der Waals surface area contributed by atoms with Crippen LogP contribution in [0.4, 0.5) is 10.1 Å². The molecule has 0 saturated heterocycles. The molecule has 0 fully saturated rings. The number of nitrogens with one attached hydrogen (secondary N) is 1. The van der Waals surface area contributed by atoms with Crippen molar-refractivity contribution in [1.29, 1.82) is 0 Å². The van der Waals surface area contributed by atoms with Crippen molar-refractivity contribution in [2.75, 3.05) is 37.4 Å². The van der Waals surface area contributed by atoms with E-state index < -0.39 is 40.2 Å². The molecule has 206 valence electrons. The van der Waals surface area contributed by atoms with E-state index in [2.05, 4.69) is 5.32 Å². The van der Waals surface area contributed by atoms with Gasteiger partial charge in [0, 0.05) is 26.1 Å². The molecule has 1 heterocycles. The van der Waals surface area contributed by atoms with Gasteiger partial charge >= 0.3 is 0 Å². The molecule has 0 aromatic heterocycles. The number of benzene rings is 3. The lowest BCUT2D eigenvalue weighted by molar-refractivity contribution is -0.139. The lowest BCUT2D eigenvalue weighted by Crippen LogP contribution is -2.52. The SMILES string of the molecule is CNC(=O)[C@H](Cc1ccccc1)N(Cc1ccc(F)cc1)C(=O)CN(c1ccc2c(c1)OCCO2)S(C)(=O)=O. The molecule has 0 radical (unpaired) electrons. The molecule has 3 aromatic carbocycles. The Hall–Kier alpha value is -4.12. The number of amides is 2. The van der Waals surface area contributed by atoms with Gasteiger partial charge in [0.15, 0.2) is 11.5 Å². The highest BCUT2D eigenvalue weighted by atomic mass is 32.2. The molecule has 11 heteroatoms. The van der Waals surface area contributed by atoms with Crippen LogP contribution in [0.3, 0.4) is 0 Å². The van der Waals surface area contributed by atoms with Crippen LogP contribution in [0.5, 0.6) is 11.5 Å². The van der Waals surface area contributed by atoms with Crippen LogP contribution < -0.4 is 19.1 Å².